The predicted octanol–water partition coefficient (Wildman–Crippen LogP) is 3.85. The number of hydrogen-bond acceptors (Lipinski definition) is 6. The highest BCUT2D eigenvalue weighted by Crippen LogP contribution is 2.22. The third kappa shape index (κ3) is 4.37. The molecule has 0 amide bonds. The van der Waals surface area contributed by atoms with Gasteiger partial charge in [-0.2, -0.15) is 4.98 Å². The van der Waals surface area contributed by atoms with E-state index >= 15 is 0 Å². The fraction of sp³-hybridized carbons (Fsp3) is 0.238. The van der Waals surface area contributed by atoms with Gasteiger partial charge in [-0.25, -0.2) is 9.37 Å². The van der Waals surface area contributed by atoms with Gasteiger partial charge in [0.05, 0.1) is 5.69 Å². The van der Waals surface area contributed by atoms with Crippen molar-refractivity contribution in [2.75, 3.05) is 48.8 Å². The number of rotatable bonds is 5. The quantitative estimate of drug-likeness (QED) is 0.703. The molecule has 6 nitrogen and oxygen atoms in total. The average Bonchev–Trinajstić information content (AvgIpc) is 2.71. The van der Waals surface area contributed by atoms with E-state index < -0.39 is 0 Å². The molecule has 2 aromatic carbocycles. The van der Waals surface area contributed by atoms with Crippen LogP contribution in [0.1, 0.15) is 0 Å². The summed E-state index contributed by atoms with van der Waals surface area (Å²) < 4.78 is 13.8. The van der Waals surface area contributed by atoms with Crippen molar-refractivity contribution < 1.29 is 4.39 Å². The van der Waals surface area contributed by atoms with Gasteiger partial charge in [0, 0.05) is 43.8 Å². The maximum Gasteiger partial charge on any atom is 0.229 e. The van der Waals surface area contributed by atoms with E-state index in [0.29, 0.717) is 17.5 Å². The van der Waals surface area contributed by atoms with Gasteiger partial charge in [0.25, 0.3) is 0 Å². The molecule has 7 heteroatoms. The molecule has 0 spiro atoms. The third-order valence-corrected chi connectivity index (χ3v) is 4.78. The first-order valence-corrected chi connectivity index (χ1v) is 9.32. The smallest absolute Gasteiger partial charge is 0.229 e. The number of nitrogens with zero attached hydrogens (tertiary/aromatic N) is 4. The minimum atomic E-state index is -0.324. The van der Waals surface area contributed by atoms with Crippen molar-refractivity contribution in [1.29, 1.82) is 0 Å². The lowest BCUT2D eigenvalue weighted by Crippen LogP contribution is -2.44. The zero-order chi connectivity index (χ0) is 19.3. The molecular formula is C21H23FN6. The van der Waals surface area contributed by atoms with E-state index in [-0.39, 0.29) is 5.82 Å². The maximum atomic E-state index is 13.8. The van der Waals surface area contributed by atoms with Crippen LogP contribution < -0.4 is 15.5 Å². The molecule has 2 heterocycles. The Morgan fingerprint density at radius 2 is 1.64 bits per heavy atom. The SMILES string of the molecule is CN1CCN(c2ccc(Nc3nccc(Nc4ccccc4F)n3)cc2)CC1. The molecule has 1 aliphatic heterocycles. The van der Waals surface area contributed by atoms with Crippen molar-refractivity contribution in [3.05, 3.63) is 66.6 Å². The molecule has 3 aromatic rings. The van der Waals surface area contributed by atoms with E-state index in [0.717, 1.165) is 31.9 Å². The summed E-state index contributed by atoms with van der Waals surface area (Å²) in [7, 11) is 2.15. The fourth-order valence-electron chi connectivity index (χ4n) is 3.14. The largest absolute Gasteiger partial charge is 0.369 e. The molecule has 0 bridgehead atoms. The first kappa shape index (κ1) is 18.2. The highest BCUT2D eigenvalue weighted by molar-refractivity contribution is 5.62. The Balaban J connectivity index is 1.42. The first-order valence-electron chi connectivity index (χ1n) is 9.32. The van der Waals surface area contributed by atoms with Gasteiger partial charge in [-0.05, 0) is 49.5 Å². The van der Waals surface area contributed by atoms with Crippen LogP contribution in [-0.4, -0.2) is 48.1 Å². The van der Waals surface area contributed by atoms with Crippen LogP contribution in [0.2, 0.25) is 0 Å². The minimum absolute atomic E-state index is 0.324. The van der Waals surface area contributed by atoms with Crippen LogP contribution in [-0.2, 0) is 0 Å². The number of anilines is 5. The van der Waals surface area contributed by atoms with Gasteiger partial charge in [-0.15, -0.1) is 0 Å². The standard InChI is InChI=1S/C21H23FN6/c1-27-12-14-28(15-13-27)17-8-6-16(7-9-17)24-21-23-11-10-20(26-21)25-19-5-3-2-4-18(19)22/h2-11H,12-15H2,1H3,(H2,23,24,25,26). The van der Waals surface area contributed by atoms with E-state index in [9.17, 15) is 4.39 Å². The lowest BCUT2D eigenvalue weighted by molar-refractivity contribution is 0.313. The Morgan fingerprint density at radius 3 is 2.39 bits per heavy atom. The van der Waals surface area contributed by atoms with Gasteiger partial charge in [-0.1, -0.05) is 12.1 Å². The lowest BCUT2D eigenvalue weighted by atomic mass is 10.2. The summed E-state index contributed by atoms with van der Waals surface area (Å²) in [6, 6.07) is 16.5. The van der Waals surface area contributed by atoms with E-state index in [4.69, 9.17) is 0 Å². The van der Waals surface area contributed by atoms with Crippen molar-refractivity contribution in [1.82, 2.24) is 14.9 Å². The van der Waals surface area contributed by atoms with Crippen molar-refractivity contribution in [3.8, 4) is 0 Å². The number of aromatic nitrogens is 2. The van der Waals surface area contributed by atoms with Crippen LogP contribution in [0, 0.1) is 5.82 Å². The summed E-state index contributed by atoms with van der Waals surface area (Å²) in [4.78, 5) is 13.4. The average molecular weight is 378 g/mol. The molecule has 0 unspecified atom stereocenters. The minimum Gasteiger partial charge on any atom is -0.369 e. The van der Waals surface area contributed by atoms with Gasteiger partial charge in [0.15, 0.2) is 0 Å². The van der Waals surface area contributed by atoms with Gasteiger partial charge in [-0.3, -0.25) is 0 Å². The van der Waals surface area contributed by atoms with Gasteiger partial charge in [0.2, 0.25) is 5.95 Å². The second kappa shape index (κ2) is 8.22. The summed E-state index contributed by atoms with van der Waals surface area (Å²) in [6.45, 7) is 4.23. The van der Waals surface area contributed by atoms with Gasteiger partial charge in [0.1, 0.15) is 11.6 Å². The summed E-state index contributed by atoms with van der Waals surface area (Å²) in [5, 5.41) is 6.18. The van der Waals surface area contributed by atoms with Crippen LogP contribution in [0.4, 0.5) is 33.2 Å². The number of halogens is 1. The zero-order valence-electron chi connectivity index (χ0n) is 15.8. The molecule has 0 aliphatic carbocycles. The number of hydrogen-bond donors (Lipinski definition) is 2. The van der Waals surface area contributed by atoms with Crippen molar-refractivity contribution in [3.63, 3.8) is 0 Å². The van der Waals surface area contributed by atoms with Crippen molar-refractivity contribution >= 4 is 28.8 Å². The van der Waals surface area contributed by atoms with E-state index in [1.807, 2.05) is 12.1 Å². The second-order valence-electron chi connectivity index (χ2n) is 6.83. The topological polar surface area (TPSA) is 56.3 Å². The summed E-state index contributed by atoms with van der Waals surface area (Å²) in [5.41, 5.74) is 2.50. The van der Waals surface area contributed by atoms with Crippen LogP contribution in [0.25, 0.3) is 0 Å². The molecule has 1 saturated heterocycles. The first-order chi connectivity index (χ1) is 13.7. The summed E-state index contributed by atoms with van der Waals surface area (Å²) >= 11 is 0. The number of para-hydroxylation sites is 1. The molecule has 1 aliphatic rings. The predicted molar refractivity (Wildman–Crippen MR) is 111 cm³/mol. The van der Waals surface area contributed by atoms with Gasteiger partial charge < -0.3 is 20.4 Å². The molecular weight excluding hydrogens is 355 g/mol. The molecule has 28 heavy (non-hydrogen) atoms. The van der Waals surface area contributed by atoms with Crippen LogP contribution in [0.15, 0.2) is 60.8 Å². The van der Waals surface area contributed by atoms with Crippen molar-refractivity contribution in [2.45, 2.75) is 0 Å². The fourth-order valence-corrected chi connectivity index (χ4v) is 3.14. The van der Waals surface area contributed by atoms with E-state index in [2.05, 4.69) is 49.6 Å². The number of piperazine rings is 1. The van der Waals surface area contributed by atoms with E-state index in [1.54, 1.807) is 30.5 Å². The Hall–Kier alpha value is -3.19. The molecule has 0 atom stereocenters. The number of nitrogens with one attached hydrogen (secondary N) is 2. The summed E-state index contributed by atoms with van der Waals surface area (Å²) in [5.74, 6) is 0.653. The van der Waals surface area contributed by atoms with Crippen LogP contribution in [0.5, 0.6) is 0 Å². The molecule has 1 fully saturated rings. The molecule has 0 radical (unpaired) electrons. The number of benzene rings is 2. The van der Waals surface area contributed by atoms with E-state index in [1.165, 1.54) is 11.8 Å². The third-order valence-electron chi connectivity index (χ3n) is 4.78. The Kier molecular flexibility index (Phi) is 5.34. The molecule has 2 N–H and O–H groups in total. The highest BCUT2D eigenvalue weighted by Gasteiger charge is 2.14. The van der Waals surface area contributed by atoms with Crippen LogP contribution in [0.3, 0.4) is 0 Å². The molecule has 0 saturated carbocycles. The normalized spacial score (nSPS) is 14.7. The highest BCUT2D eigenvalue weighted by atomic mass is 19.1. The zero-order valence-corrected chi connectivity index (χ0v) is 15.8. The molecule has 4 rings (SSSR count). The van der Waals surface area contributed by atoms with Gasteiger partial charge >= 0.3 is 0 Å². The molecule has 144 valence electrons. The monoisotopic (exact) mass is 378 g/mol. The second-order valence-corrected chi connectivity index (χ2v) is 6.83. The van der Waals surface area contributed by atoms with Crippen molar-refractivity contribution in [2.24, 2.45) is 0 Å². The Labute approximate surface area is 164 Å². The Bertz CT molecular complexity index is 922. The Morgan fingerprint density at radius 1 is 0.893 bits per heavy atom. The maximum absolute atomic E-state index is 13.8. The summed E-state index contributed by atoms with van der Waals surface area (Å²) in [6.07, 6.45) is 1.64. The number of likely N-dealkylation sites (N-methyl/N-ethyl adjacent to an activating group) is 1. The van der Waals surface area contributed by atoms with Crippen LogP contribution >= 0.6 is 0 Å². The molecule has 1 aromatic heterocycles. The lowest BCUT2D eigenvalue weighted by Gasteiger charge is -2.34.